The molecule has 0 heterocycles. The van der Waals surface area contributed by atoms with E-state index in [1.807, 2.05) is 11.9 Å². The van der Waals surface area contributed by atoms with Gasteiger partial charge in [0.15, 0.2) is 0 Å². The van der Waals surface area contributed by atoms with Crippen molar-refractivity contribution in [2.45, 2.75) is 24.3 Å². The van der Waals surface area contributed by atoms with E-state index in [1.165, 1.54) is 6.07 Å². The lowest BCUT2D eigenvalue weighted by atomic mass is 10.2. The molecule has 108 valence electrons. The minimum absolute atomic E-state index is 0.0476. The van der Waals surface area contributed by atoms with Crippen molar-refractivity contribution in [2.75, 3.05) is 29.7 Å². The quantitative estimate of drug-likeness (QED) is 0.777. The first-order chi connectivity index (χ1) is 8.75. The van der Waals surface area contributed by atoms with E-state index in [9.17, 15) is 8.42 Å². The van der Waals surface area contributed by atoms with E-state index >= 15 is 0 Å². The minimum atomic E-state index is -3.73. The molecule has 1 aromatic carbocycles. The van der Waals surface area contributed by atoms with Gasteiger partial charge in [-0.05, 0) is 43.6 Å². The van der Waals surface area contributed by atoms with Gasteiger partial charge in [0.1, 0.15) is 0 Å². The third kappa shape index (κ3) is 4.59. The molecular weight excluding hydrogens is 282 g/mol. The molecule has 4 N–H and O–H groups in total. The minimum Gasteiger partial charge on any atom is -0.399 e. The van der Waals surface area contributed by atoms with Crippen LogP contribution >= 0.6 is 11.8 Å². The number of nitrogen functional groups attached to an aromatic ring is 1. The van der Waals surface area contributed by atoms with Crippen LogP contribution in [0.5, 0.6) is 0 Å². The predicted octanol–water partition coefficient (Wildman–Crippen LogP) is 1.49. The highest BCUT2D eigenvalue weighted by Gasteiger charge is 2.15. The average molecular weight is 303 g/mol. The maximum absolute atomic E-state index is 11.4. The van der Waals surface area contributed by atoms with Crippen molar-refractivity contribution in [1.82, 2.24) is 0 Å². The summed E-state index contributed by atoms with van der Waals surface area (Å²) in [5.74, 6) is 1.05. The molecule has 1 atom stereocenters. The molecule has 1 unspecified atom stereocenters. The third-order valence-electron chi connectivity index (χ3n) is 3.05. The molecule has 0 saturated carbocycles. The van der Waals surface area contributed by atoms with E-state index in [4.69, 9.17) is 10.9 Å². The topological polar surface area (TPSA) is 89.4 Å². The summed E-state index contributed by atoms with van der Waals surface area (Å²) in [6, 6.07) is 4.98. The van der Waals surface area contributed by atoms with Crippen LogP contribution in [-0.4, -0.2) is 33.5 Å². The first-order valence-electron chi connectivity index (χ1n) is 5.91. The lowest BCUT2D eigenvalue weighted by molar-refractivity contribution is 0.597. The summed E-state index contributed by atoms with van der Waals surface area (Å²) in [7, 11) is -1.81. The fourth-order valence-electron chi connectivity index (χ4n) is 1.71. The fraction of sp³-hybridized carbons (Fsp3) is 0.500. The van der Waals surface area contributed by atoms with Gasteiger partial charge in [-0.25, -0.2) is 13.6 Å². The van der Waals surface area contributed by atoms with Crippen LogP contribution in [0.15, 0.2) is 23.1 Å². The Hall–Kier alpha value is -0.920. The van der Waals surface area contributed by atoms with Gasteiger partial charge in [-0.15, -0.1) is 0 Å². The summed E-state index contributed by atoms with van der Waals surface area (Å²) in [6.07, 6.45) is 3.07. The Balaban J connectivity index is 3.03. The molecule has 19 heavy (non-hydrogen) atoms. The number of benzene rings is 1. The number of hydrogen-bond acceptors (Lipinski definition) is 5. The van der Waals surface area contributed by atoms with Crippen LogP contribution < -0.4 is 15.8 Å². The Morgan fingerprint density at radius 3 is 2.53 bits per heavy atom. The maximum Gasteiger partial charge on any atom is 0.238 e. The zero-order valence-corrected chi connectivity index (χ0v) is 13.1. The van der Waals surface area contributed by atoms with Gasteiger partial charge < -0.3 is 10.6 Å². The molecule has 0 radical (unpaired) electrons. The van der Waals surface area contributed by atoms with E-state index in [1.54, 1.807) is 23.9 Å². The third-order valence-corrected chi connectivity index (χ3v) is 4.59. The first-order valence-corrected chi connectivity index (χ1v) is 8.85. The van der Waals surface area contributed by atoms with Crippen LogP contribution in [0.4, 0.5) is 11.4 Å². The van der Waals surface area contributed by atoms with Crippen molar-refractivity contribution in [3.05, 3.63) is 18.2 Å². The number of nitrogens with zero attached hydrogens (tertiary/aromatic N) is 1. The zero-order chi connectivity index (χ0) is 14.6. The molecule has 0 saturated heterocycles. The SMILES string of the molecule is CSCCC(C)N(C)c1cc(N)cc(S(N)(=O)=O)c1. The number of anilines is 2. The number of nitrogens with two attached hydrogens (primary N) is 2. The van der Waals surface area contributed by atoms with Crippen LogP contribution in [-0.2, 0) is 10.0 Å². The van der Waals surface area contributed by atoms with Crippen LogP contribution in [0.25, 0.3) is 0 Å². The Morgan fingerprint density at radius 2 is 2.00 bits per heavy atom. The van der Waals surface area contributed by atoms with E-state index in [0.717, 1.165) is 17.9 Å². The number of sulfonamides is 1. The Labute approximate surface area is 119 Å². The van der Waals surface area contributed by atoms with Crippen LogP contribution in [0.3, 0.4) is 0 Å². The molecule has 5 nitrogen and oxygen atoms in total. The van der Waals surface area contributed by atoms with Gasteiger partial charge >= 0.3 is 0 Å². The largest absolute Gasteiger partial charge is 0.399 e. The zero-order valence-electron chi connectivity index (χ0n) is 11.5. The first kappa shape index (κ1) is 16.1. The maximum atomic E-state index is 11.4. The molecule has 1 aromatic rings. The van der Waals surface area contributed by atoms with Crippen molar-refractivity contribution in [3.8, 4) is 0 Å². The van der Waals surface area contributed by atoms with Crippen LogP contribution in [0.1, 0.15) is 13.3 Å². The predicted molar refractivity (Wildman–Crippen MR) is 83.1 cm³/mol. The van der Waals surface area contributed by atoms with E-state index in [0.29, 0.717) is 11.7 Å². The molecule has 1 rings (SSSR count). The molecule has 0 aliphatic rings. The summed E-state index contributed by atoms with van der Waals surface area (Å²) in [4.78, 5) is 2.06. The van der Waals surface area contributed by atoms with Crippen LogP contribution in [0, 0.1) is 0 Å². The second-order valence-electron chi connectivity index (χ2n) is 4.55. The lowest BCUT2D eigenvalue weighted by Crippen LogP contribution is -2.29. The molecule has 0 aromatic heterocycles. The highest BCUT2D eigenvalue weighted by Crippen LogP contribution is 2.24. The highest BCUT2D eigenvalue weighted by atomic mass is 32.2. The molecule has 0 aliphatic carbocycles. The standard InChI is InChI=1S/C12H21N3O2S2/c1-9(4-5-18-3)15(2)11-6-10(13)7-12(8-11)19(14,16)17/h6-9H,4-5,13H2,1-3H3,(H2,14,16,17). The normalized spacial score (nSPS) is 13.3. The van der Waals surface area contributed by atoms with Gasteiger partial charge in [-0.1, -0.05) is 0 Å². The monoisotopic (exact) mass is 303 g/mol. The van der Waals surface area contributed by atoms with Crippen molar-refractivity contribution < 1.29 is 8.42 Å². The second-order valence-corrected chi connectivity index (χ2v) is 7.09. The summed E-state index contributed by atoms with van der Waals surface area (Å²) in [5, 5.41) is 5.15. The summed E-state index contributed by atoms with van der Waals surface area (Å²) < 4.78 is 22.8. The van der Waals surface area contributed by atoms with Gasteiger partial charge in [0.25, 0.3) is 0 Å². The van der Waals surface area contributed by atoms with Gasteiger partial charge in [0, 0.05) is 24.5 Å². The Morgan fingerprint density at radius 1 is 1.37 bits per heavy atom. The fourth-order valence-corrected chi connectivity index (χ4v) is 2.87. The number of hydrogen-bond donors (Lipinski definition) is 2. The molecule has 7 heteroatoms. The Bertz CT molecular complexity index is 532. The average Bonchev–Trinajstić information content (AvgIpc) is 2.33. The van der Waals surface area contributed by atoms with Gasteiger partial charge in [-0.2, -0.15) is 11.8 Å². The molecule has 0 aliphatic heterocycles. The van der Waals surface area contributed by atoms with Crippen molar-refractivity contribution in [3.63, 3.8) is 0 Å². The molecule has 0 spiro atoms. The number of rotatable bonds is 6. The summed E-state index contributed by atoms with van der Waals surface area (Å²) in [6.45, 7) is 2.09. The second kappa shape index (κ2) is 6.49. The number of primary sulfonamides is 1. The van der Waals surface area contributed by atoms with Gasteiger partial charge in [0.05, 0.1) is 4.90 Å². The van der Waals surface area contributed by atoms with Crippen molar-refractivity contribution in [2.24, 2.45) is 5.14 Å². The smallest absolute Gasteiger partial charge is 0.238 e. The van der Waals surface area contributed by atoms with Crippen molar-refractivity contribution in [1.29, 1.82) is 0 Å². The molecule has 0 fully saturated rings. The Kier molecular flexibility index (Phi) is 5.51. The van der Waals surface area contributed by atoms with E-state index in [2.05, 4.69) is 13.2 Å². The molecule has 0 bridgehead atoms. The van der Waals surface area contributed by atoms with Crippen molar-refractivity contribution >= 4 is 33.2 Å². The molecular formula is C12H21N3O2S2. The van der Waals surface area contributed by atoms with Gasteiger partial charge in [-0.3, -0.25) is 0 Å². The summed E-state index contributed by atoms with van der Waals surface area (Å²) in [5.41, 5.74) is 6.90. The van der Waals surface area contributed by atoms with E-state index < -0.39 is 10.0 Å². The summed E-state index contributed by atoms with van der Waals surface area (Å²) >= 11 is 1.79. The molecule has 0 amide bonds. The highest BCUT2D eigenvalue weighted by molar-refractivity contribution is 7.98. The van der Waals surface area contributed by atoms with E-state index in [-0.39, 0.29) is 4.90 Å². The van der Waals surface area contributed by atoms with Crippen LogP contribution in [0.2, 0.25) is 0 Å². The van der Waals surface area contributed by atoms with Gasteiger partial charge in [0.2, 0.25) is 10.0 Å². The lowest BCUT2D eigenvalue weighted by Gasteiger charge is -2.27. The number of thioether (sulfide) groups is 1.